The van der Waals surface area contributed by atoms with Crippen molar-refractivity contribution < 1.29 is 18.7 Å². The summed E-state index contributed by atoms with van der Waals surface area (Å²) in [5.74, 6) is -0.720. The molecule has 0 heterocycles. The summed E-state index contributed by atoms with van der Waals surface area (Å²) in [4.78, 5) is 25.0. The van der Waals surface area contributed by atoms with Crippen molar-refractivity contribution in [2.24, 2.45) is 0 Å². The van der Waals surface area contributed by atoms with Gasteiger partial charge in [-0.1, -0.05) is 29.8 Å². The van der Waals surface area contributed by atoms with Gasteiger partial charge in [0.2, 0.25) is 5.91 Å². The van der Waals surface area contributed by atoms with Crippen LogP contribution in [0.5, 0.6) is 5.75 Å². The summed E-state index contributed by atoms with van der Waals surface area (Å²) >= 11 is 5.85. The number of carbonyl (C=O) groups is 2. The van der Waals surface area contributed by atoms with Crippen LogP contribution in [-0.4, -0.2) is 30.4 Å². The average Bonchev–Trinajstić information content (AvgIpc) is 2.55. The zero-order chi connectivity index (χ0) is 18.4. The number of nitrogens with zero attached hydrogens (tertiary/aromatic N) is 1. The van der Waals surface area contributed by atoms with E-state index in [1.165, 1.54) is 19.1 Å². The highest BCUT2D eigenvalue weighted by Crippen LogP contribution is 2.25. The Labute approximate surface area is 150 Å². The number of para-hydroxylation sites is 1. The van der Waals surface area contributed by atoms with Crippen LogP contribution in [0.4, 0.5) is 10.1 Å². The Kier molecular flexibility index (Phi) is 6.36. The molecule has 1 N–H and O–H groups in total. The standard InChI is InChI=1S/C18H18ClFN2O3/c1-12(23)22(2)10-13-5-3-4-6-16(13)21-18(24)11-25-17-8-7-14(20)9-15(17)19/h3-9H,10-11H2,1-2H3,(H,21,24). The summed E-state index contributed by atoms with van der Waals surface area (Å²) in [6, 6.07) is 10.9. The van der Waals surface area contributed by atoms with E-state index in [0.717, 1.165) is 11.6 Å². The van der Waals surface area contributed by atoms with Crippen molar-refractivity contribution in [2.75, 3.05) is 19.0 Å². The van der Waals surface area contributed by atoms with E-state index in [4.69, 9.17) is 16.3 Å². The van der Waals surface area contributed by atoms with Gasteiger partial charge in [-0.2, -0.15) is 0 Å². The fourth-order valence-electron chi connectivity index (χ4n) is 2.07. The molecule has 2 aromatic rings. The Morgan fingerprint density at radius 2 is 1.96 bits per heavy atom. The molecule has 0 saturated heterocycles. The SMILES string of the molecule is CC(=O)N(C)Cc1ccccc1NC(=O)COc1ccc(F)cc1Cl. The Morgan fingerprint density at radius 3 is 2.64 bits per heavy atom. The van der Waals surface area contributed by atoms with E-state index in [2.05, 4.69) is 5.32 Å². The Bertz CT molecular complexity index is 783. The van der Waals surface area contributed by atoms with E-state index >= 15 is 0 Å². The lowest BCUT2D eigenvalue weighted by molar-refractivity contribution is -0.128. The molecule has 0 unspecified atom stereocenters. The molecule has 25 heavy (non-hydrogen) atoms. The normalized spacial score (nSPS) is 10.2. The molecule has 0 aliphatic rings. The molecule has 0 spiro atoms. The van der Waals surface area contributed by atoms with Gasteiger partial charge < -0.3 is 15.0 Å². The third kappa shape index (κ3) is 5.46. The van der Waals surface area contributed by atoms with Gasteiger partial charge in [0.25, 0.3) is 5.91 Å². The maximum atomic E-state index is 13.0. The number of carbonyl (C=O) groups excluding carboxylic acids is 2. The van der Waals surface area contributed by atoms with Crippen LogP contribution in [-0.2, 0) is 16.1 Å². The summed E-state index contributed by atoms with van der Waals surface area (Å²) in [6.45, 7) is 1.57. The minimum Gasteiger partial charge on any atom is -0.482 e. The van der Waals surface area contributed by atoms with Crippen molar-refractivity contribution in [3.63, 3.8) is 0 Å². The van der Waals surface area contributed by atoms with Crippen molar-refractivity contribution in [1.29, 1.82) is 0 Å². The third-order valence-corrected chi connectivity index (χ3v) is 3.78. The summed E-state index contributed by atoms with van der Waals surface area (Å²) in [7, 11) is 1.68. The van der Waals surface area contributed by atoms with E-state index in [1.54, 1.807) is 24.1 Å². The van der Waals surface area contributed by atoms with Gasteiger partial charge in [-0.15, -0.1) is 0 Å². The van der Waals surface area contributed by atoms with Crippen LogP contribution < -0.4 is 10.1 Å². The molecule has 0 aliphatic carbocycles. The molecule has 0 aromatic heterocycles. The monoisotopic (exact) mass is 364 g/mol. The van der Waals surface area contributed by atoms with Gasteiger partial charge in [0.1, 0.15) is 11.6 Å². The van der Waals surface area contributed by atoms with Crippen LogP contribution >= 0.6 is 11.6 Å². The summed E-state index contributed by atoms with van der Waals surface area (Å²) in [5.41, 5.74) is 1.39. The third-order valence-electron chi connectivity index (χ3n) is 3.49. The number of halogens is 2. The van der Waals surface area contributed by atoms with Crippen LogP contribution in [0.1, 0.15) is 12.5 Å². The Hall–Kier alpha value is -2.60. The smallest absolute Gasteiger partial charge is 0.262 e. The van der Waals surface area contributed by atoms with Crippen molar-refractivity contribution in [3.05, 3.63) is 58.9 Å². The lowest BCUT2D eigenvalue weighted by Crippen LogP contribution is -2.25. The number of amides is 2. The van der Waals surface area contributed by atoms with Crippen LogP contribution in [0.25, 0.3) is 0 Å². The van der Waals surface area contributed by atoms with Crippen LogP contribution in [0.2, 0.25) is 5.02 Å². The van der Waals surface area contributed by atoms with Gasteiger partial charge in [-0.05, 0) is 29.8 Å². The van der Waals surface area contributed by atoms with Gasteiger partial charge in [-0.3, -0.25) is 9.59 Å². The van der Waals surface area contributed by atoms with Gasteiger partial charge in [0.15, 0.2) is 6.61 Å². The summed E-state index contributed by atoms with van der Waals surface area (Å²) in [6.07, 6.45) is 0. The van der Waals surface area contributed by atoms with Gasteiger partial charge >= 0.3 is 0 Å². The van der Waals surface area contributed by atoms with Crippen molar-refractivity contribution in [1.82, 2.24) is 4.90 Å². The topological polar surface area (TPSA) is 58.6 Å². The molecule has 0 bridgehead atoms. The predicted octanol–water partition coefficient (Wildman–Crippen LogP) is 3.47. The zero-order valence-electron chi connectivity index (χ0n) is 13.9. The van der Waals surface area contributed by atoms with E-state index in [1.807, 2.05) is 12.1 Å². The molecule has 0 atom stereocenters. The predicted molar refractivity (Wildman–Crippen MR) is 94.1 cm³/mol. The maximum absolute atomic E-state index is 13.0. The molecule has 5 nitrogen and oxygen atoms in total. The van der Waals surface area contributed by atoms with E-state index in [0.29, 0.717) is 12.2 Å². The highest BCUT2D eigenvalue weighted by molar-refractivity contribution is 6.32. The van der Waals surface area contributed by atoms with Crippen LogP contribution in [0.15, 0.2) is 42.5 Å². The van der Waals surface area contributed by atoms with E-state index < -0.39 is 11.7 Å². The Balaban J connectivity index is 1.99. The van der Waals surface area contributed by atoms with E-state index in [9.17, 15) is 14.0 Å². The quantitative estimate of drug-likeness (QED) is 0.853. The molecular weight excluding hydrogens is 347 g/mol. The fraction of sp³-hybridized carbons (Fsp3) is 0.222. The van der Waals surface area contributed by atoms with Gasteiger partial charge in [0, 0.05) is 26.2 Å². The first kappa shape index (κ1) is 18.7. The summed E-state index contributed by atoms with van der Waals surface area (Å²) < 4.78 is 18.3. The first-order valence-corrected chi connectivity index (χ1v) is 7.92. The average molecular weight is 365 g/mol. The molecular formula is C18H18ClFN2O3. The first-order valence-electron chi connectivity index (χ1n) is 7.54. The molecule has 0 radical (unpaired) electrons. The summed E-state index contributed by atoms with van der Waals surface area (Å²) in [5, 5.41) is 2.83. The lowest BCUT2D eigenvalue weighted by atomic mass is 10.1. The second-order valence-electron chi connectivity index (χ2n) is 5.44. The number of hydrogen-bond acceptors (Lipinski definition) is 3. The fourth-order valence-corrected chi connectivity index (χ4v) is 2.29. The molecule has 0 saturated carbocycles. The number of ether oxygens (including phenoxy) is 1. The first-order chi connectivity index (χ1) is 11.9. The maximum Gasteiger partial charge on any atom is 0.262 e. The lowest BCUT2D eigenvalue weighted by Gasteiger charge is -2.18. The molecule has 0 aliphatic heterocycles. The highest BCUT2D eigenvalue weighted by atomic mass is 35.5. The van der Waals surface area contributed by atoms with Crippen molar-refractivity contribution in [2.45, 2.75) is 13.5 Å². The highest BCUT2D eigenvalue weighted by Gasteiger charge is 2.11. The zero-order valence-corrected chi connectivity index (χ0v) is 14.6. The molecule has 7 heteroatoms. The minimum atomic E-state index is -0.481. The molecule has 2 amide bonds. The molecule has 2 rings (SSSR count). The van der Waals surface area contributed by atoms with Crippen LogP contribution in [0, 0.1) is 5.82 Å². The number of anilines is 1. The number of benzene rings is 2. The van der Waals surface area contributed by atoms with Crippen LogP contribution in [0.3, 0.4) is 0 Å². The molecule has 2 aromatic carbocycles. The second kappa shape index (κ2) is 8.48. The Morgan fingerprint density at radius 1 is 1.24 bits per heavy atom. The largest absolute Gasteiger partial charge is 0.482 e. The number of nitrogens with one attached hydrogen (secondary N) is 1. The second-order valence-corrected chi connectivity index (χ2v) is 5.85. The van der Waals surface area contributed by atoms with Crippen molar-refractivity contribution >= 4 is 29.1 Å². The molecule has 0 fully saturated rings. The van der Waals surface area contributed by atoms with Gasteiger partial charge in [-0.25, -0.2) is 4.39 Å². The van der Waals surface area contributed by atoms with Gasteiger partial charge in [0.05, 0.1) is 5.02 Å². The van der Waals surface area contributed by atoms with Crippen molar-refractivity contribution in [3.8, 4) is 5.75 Å². The number of rotatable bonds is 6. The number of hydrogen-bond donors (Lipinski definition) is 1. The minimum absolute atomic E-state index is 0.0737. The molecule has 132 valence electrons. The van der Waals surface area contributed by atoms with E-state index in [-0.39, 0.29) is 23.3 Å².